The van der Waals surface area contributed by atoms with E-state index in [2.05, 4.69) is 0 Å². The van der Waals surface area contributed by atoms with E-state index in [-0.39, 0.29) is 5.92 Å². The lowest BCUT2D eigenvalue weighted by molar-refractivity contribution is -0.146. The van der Waals surface area contributed by atoms with E-state index in [9.17, 15) is 4.79 Å². The van der Waals surface area contributed by atoms with Crippen molar-refractivity contribution in [3.05, 3.63) is 34.9 Å². The highest BCUT2D eigenvalue weighted by molar-refractivity contribution is 6.31. The van der Waals surface area contributed by atoms with Gasteiger partial charge in [-0.2, -0.15) is 0 Å². The second kappa shape index (κ2) is 4.23. The molecule has 0 aromatic heterocycles. The van der Waals surface area contributed by atoms with Crippen molar-refractivity contribution in [2.24, 2.45) is 11.8 Å². The van der Waals surface area contributed by atoms with Gasteiger partial charge in [0.15, 0.2) is 0 Å². The molecule has 0 spiro atoms. The summed E-state index contributed by atoms with van der Waals surface area (Å²) in [5.74, 6) is -0.297. The van der Waals surface area contributed by atoms with Gasteiger partial charge in [0.05, 0.1) is 5.92 Å². The summed E-state index contributed by atoms with van der Waals surface area (Å²) in [7, 11) is 0. The summed E-state index contributed by atoms with van der Waals surface area (Å²) >= 11 is 6.03. The van der Waals surface area contributed by atoms with Gasteiger partial charge in [-0.15, -0.1) is 0 Å². The monoisotopic (exact) mass is 224 g/mol. The van der Waals surface area contributed by atoms with Crippen molar-refractivity contribution in [3.8, 4) is 0 Å². The minimum absolute atomic E-state index is 0.127. The molecule has 2 rings (SSSR count). The Hall–Kier alpha value is -1.02. The van der Waals surface area contributed by atoms with Gasteiger partial charge >= 0.3 is 5.97 Å². The van der Waals surface area contributed by atoms with E-state index >= 15 is 0 Å². The highest BCUT2D eigenvalue weighted by atomic mass is 35.5. The standard InChI is InChI=1S/C12H13ClO2/c13-11-4-2-1-3-9(11)5-8-6-10(7-8)12(14)15/h1-4,8,10H,5-7H2,(H,14,15). The molecule has 15 heavy (non-hydrogen) atoms. The Balaban J connectivity index is 1.90. The normalized spacial score (nSPS) is 24.6. The molecular formula is C12H13ClO2. The molecule has 1 aliphatic rings. The average Bonchev–Trinajstić information content (AvgIpc) is 2.12. The Morgan fingerprint density at radius 2 is 2.07 bits per heavy atom. The van der Waals surface area contributed by atoms with Crippen LogP contribution in [0, 0.1) is 11.8 Å². The third-order valence-electron chi connectivity index (χ3n) is 3.05. The molecular weight excluding hydrogens is 212 g/mol. The molecule has 0 atom stereocenters. The fourth-order valence-electron chi connectivity index (χ4n) is 2.08. The maximum Gasteiger partial charge on any atom is 0.306 e. The van der Waals surface area contributed by atoms with Crippen molar-refractivity contribution in [2.45, 2.75) is 19.3 Å². The lowest BCUT2D eigenvalue weighted by Gasteiger charge is -2.32. The number of carboxylic acids is 1. The zero-order chi connectivity index (χ0) is 10.8. The predicted octanol–water partition coefficient (Wildman–Crippen LogP) is 2.99. The summed E-state index contributed by atoms with van der Waals surface area (Å²) in [6.07, 6.45) is 2.49. The molecule has 80 valence electrons. The van der Waals surface area contributed by atoms with Crippen LogP contribution in [0.3, 0.4) is 0 Å². The largest absolute Gasteiger partial charge is 0.481 e. The van der Waals surface area contributed by atoms with Gasteiger partial charge in [0.2, 0.25) is 0 Å². The number of aliphatic carboxylic acids is 1. The summed E-state index contributed by atoms with van der Waals surface area (Å²) < 4.78 is 0. The molecule has 1 aliphatic carbocycles. The smallest absolute Gasteiger partial charge is 0.306 e. The van der Waals surface area contributed by atoms with Gasteiger partial charge in [-0.25, -0.2) is 0 Å². The number of rotatable bonds is 3. The second-order valence-electron chi connectivity index (χ2n) is 4.17. The number of hydrogen-bond donors (Lipinski definition) is 1. The van der Waals surface area contributed by atoms with Crippen molar-refractivity contribution in [3.63, 3.8) is 0 Å². The highest BCUT2D eigenvalue weighted by Crippen LogP contribution is 2.37. The van der Waals surface area contributed by atoms with Gasteiger partial charge < -0.3 is 5.11 Å². The Morgan fingerprint density at radius 1 is 1.40 bits per heavy atom. The third kappa shape index (κ3) is 2.32. The zero-order valence-corrected chi connectivity index (χ0v) is 9.07. The molecule has 2 nitrogen and oxygen atoms in total. The molecule has 0 aliphatic heterocycles. The number of benzene rings is 1. The third-order valence-corrected chi connectivity index (χ3v) is 3.42. The van der Waals surface area contributed by atoms with Crippen LogP contribution in [-0.4, -0.2) is 11.1 Å². The lowest BCUT2D eigenvalue weighted by Crippen LogP contribution is -2.31. The summed E-state index contributed by atoms with van der Waals surface area (Å²) in [5.41, 5.74) is 1.13. The van der Waals surface area contributed by atoms with Gasteiger partial charge in [-0.3, -0.25) is 4.79 Å². The molecule has 1 saturated carbocycles. The van der Waals surface area contributed by atoms with E-state index < -0.39 is 5.97 Å². The van der Waals surface area contributed by atoms with Crippen molar-refractivity contribution in [1.82, 2.24) is 0 Å². The first-order valence-electron chi connectivity index (χ1n) is 5.13. The average molecular weight is 225 g/mol. The first kappa shape index (κ1) is 10.5. The van der Waals surface area contributed by atoms with Crippen LogP contribution in [0.5, 0.6) is 0 Å². The zero-order valence-electron chi connectivity index (χ0n) is 8.32. The van der Waals surface area contributed by atoms with Gasteiger partial charge in [-0.05, 0) is 36.8 Å². The van der Waals surface area contributed by atoms with E-state index in [4.69, 9.17) is 16.7 Å². The molecule has 3 heteroatoms. The van der Waals surface area contributed by atoms with Crippen LogP contribution in [0.4, 0.5) is 0 Å². The van der Waals surface area contributed by atoms with Crippen LogP contribution in [0.2, 0.25) is 5.02 Å². The van der Waals surface area contributed by atoms with Gasteiger partial charge in [0.1, 0.15) is 0 Å². The summed E-state index contributed by atoms with van der Waals surface area (Å²) in [6.45, 7) is 0. The molecule has 0 heterocycles. The Morgan fingerprint density at radius 3 is 2.67 bits per heavy atom. The molecule has 1 fully saturated rings. The molecule has 0 radical (unpaired) electrons. The maximum atomic E-state index is 10.6. The van der Waals surface area contributed by atoms with Crippen LogP contribution in [0.25, 0.3) is 0 Å². The SMILES string of the molecule is O=C(O)C1CC(Cc2ccccc2Cl)C1. The second-order valence-corrected chi connectivity index (χ2v) is 4.58. The minimum atomic E-state index is -0.662. The molecule has 1 N–H and O–H groups in total. The minimum Gasteiger partial charge on any atom is -0.481 e. The molecule has 0 saturated heterocycles. The van der Waals surface area contributed by atoms with Crippen molar-refractivity contribution >= 4 is 17.6 Å². The Labute approximate surface area is 93.9 Å². The van der Waals surface area contributed by atoms with Crippen molar-refractivity contribution in [2.75, 3.05) is 0 Å². The van der Waals surface area contributed by atoms with Crippen LogP contribution in [0.15, 0.2) is 24.3 Å². The van der Waals surface area contributed by atoms with Gasteiger partial charge in [-0.1, -0.05) is 29.8 Å². The van der Waals surface area contributed by atoms with E-state index in [1.54, 1.807) is 0 Å². The fraction of sp³-hybridized carbons (Fsp3) is 0.417. The van der Waals surface area contributed by atoms with Gasteiger partial charge in [0.25, 0.3) is 0 Å². The van der Waals surface area contributed by atoms with Crippen molar-refractivity contribution in [1.29, 1.82) is 0 Å². The van der Waals surface area contributed by atoms with Crippen molar-refractivity contribution < 1.29 is 9.90 Å². The highest BCUT2D eigenvalue weighted by Gasteiger charge is 2.34. The quantitative estimate of drug-likeness (QED) is 0.857. The van der Waals surface area contributed by atoms with Gasteiger partial charge in [0, 0.05) is 5.02 Å². The molecule has 1 aromatic rings. The molecule has 0 bridgehead atoms. The predicted molar refractivity (Wildman–Crippen MR) is 59.0 cm³/mol. The molecule has 0 amide bonds. The first-order chi connectivity index (χ1) is 7.16. The molecule has 1 aromatic carbocycles. The summed E-state index contributed by atoms with van der Waals surface area (Å²) in [5, 5.41) is 9.53. The van der Waals surface area contributed by atoms with Crippen LogP contribution >= 0.6 is 11.6 Å². The topological polar surface area (TPSA) is 37.3 Å². The fourth-order valence-corrected chi connectivity index (χ4v) is 2.29. The van der Waals surface area contributed by atoms with E-state index in [1.807, 2.05) is 24.3 Å². The summed E-state index contributed by atoms with van der Waals surface area (Å²) in [6, 6.07) is 7.77. The number of halogens is 1. The molecule has 0 unspecified atom stereocenters. The number of carbonyl (C=O) groups is 1. The van der Waals surface area contributed by atoms with E-state index in [0.717, 1.165) is 29.8 Å². The Kier molecular flexibility index (Phi) is 2.96. The maximum absolute atomic E-state index is 10.6. The number of hydrogen-bond acceptors (Lipinski definition) is 1. The first-order valence-corrected chi connectivity index (χ1v) is 5.51. The van der Waals surface area contributed by atoms with Crippen LogP contribution < -0.4 is 0 Å². The van der Waals surface area contributed by atoms with Crippen LogP contribution in [-0.2, 0) is 11.2 Å². The van der Waals surface area contributed by atoms with E-state index in [0.29, 0.717) is 5.92 Å². The Bertz CT molecular complexity index is 370. The van der Waals surface area contributed by atoms with Crippen LogP contribution in [0.1, 0.15) is 18.4 Å². The van der Waals surface area contributed by atoms with E-state index in [1.165, 1.54) is 0 Å². The number of carboxylic acid groups (broad SMARTS) is 1. The lowest BCUT2D eigenvalue weighted by atomic mass is 9.72. The summed E-state index contributed by atoms with van der Waals surface area (Å²) in [4.78, 5) is 10.6.